The number of benzene rings is 2. The molecule has 0 aliphatic carbocycles. The number of carboxylic acid groups (broad SMARTS) is 1. The first-order chi connectivity index (χ1) is 17.3. The lowest BCUT2D eigenvalue weighted by atomic mass is 10.1. The fourth-order valence-electron chi connectivity index (χ4n) is 3.56. The van der Waals surface area contributed by atoms with E-state index in [9.17, 15) is 9.90 Å². The number of methoxy groups -OCH3 is 2. The molecule has 0 fully saturated rings. The number of ether oxygens (including phenoxy) is 2. The van der Waals surface area contributed by atoms with Crippen LogP contribution in [0, 0.1) is 6.92 Å². The van der Waals surface area contributed by atoms with Crippen molar-refractivity contribution in [1.29, 1.82) is 0 Å². The maximum atomic E-state index is 12.1. The molecule has 0 atom stereocenters. The van der Waals surface area contributed by atoms with Crippen LogP contribution in [0.4, 0.5) is 0 Å². The number of halogens is 1. The molecule has 10 heteroatoms. The van der Waals surface area contributed by atoms with E-state index in [4.69, 9.17) is 13.9 Å². The number of aryl methyl sites for hydroxylation is 1. The molecule has 0 amide bonds. The Morgan fingerprint density at radius 3 is 2.44 bits per heavy atom. The van der Waals surface area contributed by atoms with Crippen LogP contribution < -0.4 is 9.47 Å². The van der Waals surface area contributed by atoms with Gasteiger partial charge < -0.3 is 23.6 Å². The van der Waals surface area contributed by atoms with E-state index in [-0.39, 0.29) is 4.91 Å². The van der Waals surface area contributed by atoms with E-state index in [0.29, 0.717) is 40.5 Å². The van der Waals surface area contributed by atoms with Gasteiger partial charge in [0.1, 0.15) is 27.9 Å². The summed E-state index contributed by atoms with van der Waals surface area (Å²) in [6.45, 7) is 4.48. The van der Waals surface area contributed by atoms with Gasteiger partial charge >= 0.3 is 5.97 Å². The number of furan rings is 1. The lowest BCUT2D eigenvalue weighted by Crippen LogP contribution is -2.03. The van der Waals surface area contributed by atoms with Crippen LogP contribution in [0.1, 0.15) is 18.2 Å². The van der Waals surface area contributed by atoms with Crippen molar-refractivity contribution >= 4 is 39.7 Å². The standard InChI is InChI=1S/C26H24BrN3O5S/c1-5-30-24(16-11-18(33-3)13-19(12-16)34-4)28-29-26(30)36-23(25(31)32)14-17-7-9-22(35-17)20-8-6-15(2)10-21(20)27/h6-14H,5H2,1-4H3,(H,31,32)/b23-14-. The summed E-state index contributed by atoms with van der Waals surface area (Å²) in [5, 5.41) is 18.9. The van der Waals surface area contributed by atoms with Crippen LogP contribution in [-0.2, 0) is 11.3 Å². The molecule has 2 heterocycles. The van der Waals surface area contributed by atoms with Gasteiger partial charge in [0.05, 0.1) is 14.2 Å². The van der Waals surface area contributed by atoms with Crippen molar-refractivity contribution in [3.05, 3.63) is 69.2 Å². The maximum Gasteiger partial charge on any atom is 0.342 e. The van der Waals surface area contributed by atoms with Gasteiger partial charge in [-0.1, -0.05) is 22.0 Å². The number of carbonyl (C=O) groups is 1. The third-order valence-electron chi connectivity index (χ3n) is 5.34. The molecule has 4 aromatic rings. The molecule has 2 aromatic heterocycles. The van der Waals surface area contributed by atoms with Gasteiger partial charge in [0.15, 0.2) is 11.0 Å². The Labute approximate surface area is 221 Å². The molecule has 0 aliphatic rings. The van der Waals surface area contributed by atoms with Gasteiger partial charge in [-0.3, -0.25) is 0 Å². The SMILES string of the molecule is CCn1c(S/C(=C\c2ccc(-c3ccc(C)cc3Br)o2)C(=O)O)nnc1-c1cc(OC)cc(OC)c1. The van der Waals surface area contributed by atoms with Crippen molar-refractivity contribution in [2.45, 2.75) is 25.5 Å². The Morgan fingerprint density at radius 2 is 1.83 bits per heavy atom. The average Bonchev–Trinajstić information content (AvgIpc) is 3.50. The number of thioether (sulfide) groups is 1. The monoisotopic (exact) mass is 569 g/mol. The third-order valence-corrected chi connectivity index (χ3v) is 7.00. The minimum atomic E-state index is -1.09. The number of rotatable bonds is 9. The molecule has 0 bridgehead atoms. The lowest BCUT2D eigenvalue weighted by Gasteiger charge is -2.10. The van der Waals surface area contributed by atoms with E-state index in [0.717, 1.165) is 32.9 Å². The first-order valence-electron chi connectivity index (χ1n) is 11.0. The highest BCUT2D eigenvalue weighted by molar-refractivity contribution is 9.10. The van der Waals surface area contributed by atoms with Crippen LogP contribution >= 0.6 is 27.7 Å². The molecular weight excluding hydrogens is 546 g/mol. The highest BCUT2D eigenvalue weighted by atomic mass is 79.9. The second-order valence-electron chi connectivity index (χ2n) is 7.75. The molecule has 4 rings (SSSR count). The minimum absolute atomic E-state index is 0.0516. The molecule has 8 nitrogen and oxygen atoms in total. The predicted octanol–water partition coefficient (Wildman–Crippen LogP) is 6.53. The molecule has 186 valence electrons. The van der Waals surface area contributed by atoms with E-state index in [1.165, 1.54) is 6.08 Å². The van der Waals surface area contributed by atoms with Crippen molar-refractivity contribution in [1.82, 2.24) is 14.8 Å². The van der Waals surface area contributed by atoms with Crippen molar-refractivity contribution < 1.29 is 23.8 Å². The summed E-state index contributed by atoms with van der Waals surface area (Å²) >= 11 is 4.57. The summed E-state index contributed by atoms with van der Waals surface area (Å²) in [4.78, 5) is 12.1. The van der Waals surface area contributed by atoms with E-state index >= 15 is 0 Å². The first-order valence-corrected chi connectivity index (χ1v) is 12.6. The number of hydrogen-bond acceptors (Lipinski definition) is 7. The Hall–Kier alpha value is -3.50. The van der Waals surface area contributed by atoms with E-state index < -0.39 is 5.97 Å². The number of nitrogens with zero attached hydrogens (tertiary/aromatic N) is 3. The third kappa shape index (κ3) is 5.50. The van der Waals surface area contributed by atoms with Crippen molar-refractivity contribution in [3.63, 3.8) is 0 Å². The fraction of sp³-hybridized carbons (Fsp3) is 0.192. The summed E-state index contributed by atoms with van der Waals surface area (Å²) in [7, 11) is 3.15. The predicted molar refractivity (Wildman–Crippen MR) is 142 cm³/mol. The van der Waals surface area contributed by atoms with Crippen molar-refractivity contribution in [3.8, 4) is 34.2 Å². The molecule has 0 saturated carbocycles. The second kappa shape index (κ2) is 11.0. The van der Waals surface area contributed by atoms with Crippen LogP contribution in [-0.4, -0.2) is 40.1 Å². The zero-order valence-electron chi connectivity index (χ0n) is 20.1. The molecule has 2 aromatic carbocycles. The number of aromatic nitrogens is 3. The van der Waals surface area contributed by atoms with Crippen molar-refractivity contribution in [2.24, 2.45) is 0 Å². The van der Waals surface area contributed by atoms with Gasteiger partial charge in [-0.25, -0.2) is 4.79 Å². The molecule has 0 unspecified atom stereocenters. The number of aliphatic carboxylic acids is 1. The van der Waals surface area contributed by atoms with E-state index in [1.807, 2.05) is 54.8 Å². The Balaban J connectivity index is 1.66. The van der Waals surface area contributed by atoms with Crippen LogP contribution in [0.3, 0.4) is 0 Å². The average molecular weight is 570 g/mol. The number of carboxylic acids is 1. The molecule has 0 spiro atoms. The largest absolute Gasteiger partial charge is 0.497 e. The summed E-state index contributed by atoms with van der Waals surface area (Å²) in [5.41, 5.74) is 2.75. The molecule has 0 aliphatic heterocycles. The molecule has 0 saturated heterocycles. The lowest BCUT2D eigenvalue weighted by molar-refractivity contribution is -0.131. The van der Waals surface area contributed by atoms with Gasteiger partial charge in [-0.05, 0) is 67.6 Å². The number of hydrogen-bond donors (Lipinski definition) is 1. The Kier molecular flexibility index (Phi) is 7.85. The van der Waals surface area contributed by atoms with Crippen LogP contribution in [0.5, 0.6) is 11.5 Å². The smallest absolute Gasteiger partial charge is 0.342 e. The molecule has 0 radical (unpaired) electrons. The normalized spacial score (nSPS) is 11.5. The van der Waals surface area contributed by atoms with Gasteiger partial charge in [0, 0.05) is 34.3 Å². The Morgan fingerprint density at radius 1 is 1.11 bits per heavy atom. The van der Waals surface area contributed by atoms with Gasteiger partial charge in [0.2, 0.25) is 0 Å². The zero-order valence-corrected chi connectivity index (χ0v) is 22.5. The van der Waals surface area contributed by atoms with Crippen LogP contribution in [0.15, 0.2) is 67.5 Å². The first kappa shape index (κ1) is 25.6. The van der Waals surface area contributed by atoms with Gasteiger partial charge in [-0.15, -0.1) is 10.2 Å². The highest BCUT2D eigenvalue weighted by Crippen LogP contribution is 2.35. The quantitative estimate of drug-likeness (QED) is 0.179. The maximum absolute atomic E-state index is 12.1. The fourth-order valence-corrected chi connectivity index (χ4v) is 5.11. The topological polar surface area (TPSA) is 99.6 Å². The highest BCUT2D eigenvalue weighted by Gasteiger charge is 2.20. The summed E-state index contributed by atoms with van der Waals surface area (Å²) in [6.07, 6.45) is 1.49. The Bertz CT molecular complexity index is 1420. The summed E-state index contributed by atoms with van der Waals surface area (Å²) in [5.74, 6) is 1.76. The molecule has 36 heavy (non-hydrogen) atoms. The summed E-state index contributed by atoms with van der Waals surface area (Å²) < 4.78 is 19.4. The molecule has 1 N–H and O–H groups in total. The molecular formula is C26H24BrN3O5S. The summed E-state index contributed by atoms with van der Waals surface area (Å²) in [6, 6.07) is 14.9. The van der Waals surface area contributed by atoms with Crippen LogP contribution in [0.25, 0.3) is 28.8 Å². The minimum Gasteiger partial charge on any atom is -0.497 e. The second-order valence-corrected chi connectivity index (χ2v) is 9.62. The van der Waals surface area contributed by atoms with E-state index in [1.54, 1.807) is 26.4 Å². The van der Waals surface area contributed by atoms with Gasteiger partial charge in [-0.2, -0.15) is 0 Å². The van der Waals surface area contributed by atoms with Crippen molar-refractivity contribution in [2.75, 3.05) is 14.2 Å². The van der Waals surface area contributed by atoms with Gasteiger partial charge in [0.25, 0.3) is 0 Å². The zero-order chi connectivity index (χ0) is 25.8. The van der Waals surface area contributed by atoms with E-state index in [2.05, 4.69) is 26.1 Å². The van der Waals surface area contributed by atoms with Crippen LogP contribution in [0.2, 0.25) is 0 Å².